The van der Waals surface area contributed by atoms with Crippen molar-refractivity contribution < 1.29 is 4.84 Å². The second-order valence-electron chi connectivity index (χ2n) is 4.11. The number of hydroxylamine groups is 1. The van der Waals surface area contributed by atoms with Gasteiger partial charge in [0.05, 0.1) is 12.6 Å². The normalized spacial score (nSPS) is 29.4. The van der Waals surface area contributed by atoms with Gasteiger partial charge in [-0.05, 0) is 18.4 Å². The summed E-state index contributed by atoms with van der Waals surface area (Å²) in [5.41, 5.74) is 4.92. The largest absolute Gasteiger partial charge is 0.301 e. The fourth-order valence-electron chi connectivity index (χ4n) is 2.14. The van der Waals surface area contributed by atoms with Crippen LogP contribution in [0.15, 0.2) is 30.3 Å². The molecule has 2 heteroatoms. The molecule has 1 aromatic rings. The molecule has 1 N–H and O–H groups in total. The first-order valence-electron chi connectivity index (χ1n) is 4.83. The Morgan fingerprint density at radius 2 is 2.00 bits per heavy atom. The standard InChI is InChI=1S/C11H13NO/c1-2-4-9(5-3-1)10-11(6-7-11)8-13-12-10/h1-5,10,12H,6-8H2/t10-/m1/s1. The first-order chi connectivity index (χ1) is 6.41. The monoisotopic (exact) mass is 175 g/mol. The van der Waals surface area contributed by atoms with E-state index in [1.54, 1.807) is 0 Å². The molecule has 3 rings (SSSR count). The minimum absolute atomic E-state index is 0.425. The lowest BCUT2D eigenvalue weighted by Crippen LogP contribution is -2.18. The fourth-order valence-corrected chi connectivity index (χ4v) is 2.14. The van der Waals surface area contributed by atoms with Gasteiger partial charge in [-0.3, -0.25) is 0 Å². The Hall–Kier alpha value is -0.860. The average Bonchev–Trinajstić information content (AvgIpc) is 2.80. The Morgan fingerprint density at radius 3 is 2.69 bits per heavy atom. The van der Waals surface area contributed by atoms with Crippen LogP contribution in [0.5, 0.6) is 0 Å². The van der Waals surface area contributed by atoms with Crippen molar-refractivity contribution in [2.24, 2.45) is 5.41 Å². The smallest absolute Gasteiger partial charge is 0.0757 e. The zero-order chi connectivity index (χ0) is 8.73. The summed E-state index contributed by atoms with van der Waals surface area (Å²) in [5, 5.41) is 0. The maximum atomic E-state index is 5.34. The van der Waals surface area contributed by atoms with Gasteiger partial charge in [-0.15, -0.1) is 0 Å². The highest BCUT2D eigenvalue weighted by Gasteiger charge is 2.54. The van der Waals surface area contributed by atoms with Gasteiger partial charge in [-0.1, -0.05) is 30.3 Å². The van der Waals surface area contributed by atoms with E-state index in [-0.39, 0.29) is 0 Å². The molecule has 0 aromatic heterocycles. The van der Waals surface area contributed by atoms with Crippen molar-refractivity contribution in [1.82, 2.24) is 5.48 Å². The lowest BCUT2D eigenvalue weighted by molar-refractivity contribution is 0.0853. The quantitative estimate of drug-likeness (QED) is 0.705. The van der Waals surface area contributed by atoms with Crippen LogP contribution in [0.25, 0.3) is 0 Å². The van der Waals surface area contributed by atoms with Crippen LogP contribution >= 0.6 is 0 Å². The molecule has 0 bridgehead atoms. The first kappa shape index (κ1) is 7.54. The molecule has 2 fully saturated rings. The molecular weight excluding hydrogens is 162 g/mol. The molecule has 2 nitrogen and oxygen atoms in total. The minimum Gasteiger partial charge on any atom is -0.301 e. The van der Waals surface area contributed by atoms with Crippen LogP contribution in [0.4, 0.5) is 0 Å². The third kappa shape index (κ3) is 1.10. The Labute approximate surface area is 77.9 Å². The van der Waals surface area contributed by atoms with Crippen LogP contribution in [-0.2, 0) is 4.84 Å². The predicted octanol–water partition coefficient (Wildman–Crippen LogP) is 2.04. The van der Waals surface area contributed by atoms with Gasteiger partial charge in [-0.25, -0.2) is 0 Å². The average molecular weight is 175 g/mol. The van der Waals surface area contributed by atoms with Crippen LogP contribution in [0.3, 0.4) is 0 Å². The van der Waals surface area contributed by atoms with E-state index in [4.69, 9.17) is 4.84 Å². The zero-order valence-electron chi connectivity index (χ0n) is 7.49. The molecule has 0 unspecified atom stereocenters. The lowest BCUT2D eigenvalue weighted by atomic mass is 9.92. The van der Waals surface area contributed by atoms with Crippen molar-refractivity contribution in [3.8, 4) is 0 Å². The van der Waals surface area contributed by atoms with Gasteiger partial charge in [0.1, 0.15) is 0 Å². The van der Waals surface area contributed by atoms with E-state index in [1.807, 2.05) is 0 Å². The first-order valence-corrected chi connectivity index (χ1v) is 4.83. The molecule has 1 saturated heterocycles. The van der Waals surface area contributed by atoms with Gasteiger partial charge < -0.3 is 4.84 Å². The second kappa shape index (κ2) is 2.56. The highest BCUT2D eigenvalue weighted by atomic mass is 16.7. The van der Waals surface area contributed by atoms with Crippen LogP contribution in [0.2, 0.25) is 0 Å². The van der Waals surface area contributed by atoms with E-state index >= 15 is 0 Å². The molecule has 1 spiro atoms. The Kier molecular flexibility index (Phi) is 1.49. The van der Waals surface area contributed by atoms with Crippen LogP contribution < -0.4 is 5.48 Å². The Morgan fingerprint density at radius 1 is 1.23 bits per heavy atom. The predicted molar refractivity (Wildman–Crippen MR) is 49.9 cm³/mol. The zero-order valence-corrected chi connectivity index (χ0v) is 7.49. The van der Waals surface area contributed by atoms with E-state index < -0.39 is 0 Å². The lowest BCUT2D eigenvalue weighted by Gasteiger charge is -2.15. The van der Waals surface area contributed by atoms with Crippen molar-refractivity contribution >= 4 is 0 Å². The number of nitrogens with one attached hydrogen (secondary N) is 1. The molecule has 0 amide bonds. The van der Waals surface area contributed by atoms with Gasteiger partial charge in [0, 0.05) is 5.41 Å². The Balaban J connectivity index is 1.93. The van der Waals surface area contributed by atoms with Crippen LogP contribution in [-0.4, -0.2) is 6.61 Å². The topological polar surface area (TPSA) is 21.3 Å². The molecule has 0 radical (unpaired) electrons. The van der Waals surface area contributed by atoms with Crippen LogP contribution in [0, 0.1) is 5.41 Å². The summed E-state index contributed by atoms with van der Waals surface area (Å²) in [6.45, 7) is 0.882. The molecule has 2 aliphatic rings. The highest BCUT2D eigenvalue weighted by Crippen LogP contribution is 2.57. The highest BCUT2D eigenvalue weighted by molar-refractivity contribution is 5.24. The molecule has 1 aliphatic carbocycles. The van der Waals surface area contributed by atoms with E-state index in [0.717, 1.165) is 6.61 Å². The fraction of sp³-hybridized carbons (Fsp3) is 0.455. The maximum Gasteiger partial charge on any atom is 0.0757 e. The number of benzene rings is 1. The summed E-state index contributed by atoms with van der Waals surface area (Å²) in [4.78, 5) is 5.34. The van der Waals surface area contributed by atoms with Crippen molar-refractivity contribution in [3.63, 3.8) is 0 Å². The molecule has 13 heavy (non-hydrogen) atoms. The summed E-state index contributed by atoms with van der Waals surface area (Å²) >= 11 is 0. The molecule has 1 heterocycles. The number of rotatable bonds is 1. The number of hydrogen-bond acceptors (Lipinski definition) is 2. The molecule has 1 aliphatic heterocycles. The van der Waals surface area contributed by atoms with Crippen molar-refractivity contribution in [1.29, 1.82) is 0 Å². The number of hydrogen-bond donors (Lipinski definition) is 1. The molecular formula is C11H13NO. The Bertz CT molecular complexity index is 305. The van der Waals surface area contributed by atoms with Crippen molar-refractivity contribution in [2.45, 2.75) is 18.9 Å². The molecule has 1 saturated carbocycles. The van der Waals surface area contributed by atoms with Crippen molar-refractivity contribution in [3.05, 3.63) is 35.9 Å². The second-order valence-corrected chi connectivity index (χ2v) is 4.11. The van der Waals surface area contributed by atoms with Crippen molar-refractivity contribution in [2.75, 3.05) is 6.61 Å². The van der Waals surface area contributed by atoms with Crippen LogP contribution in [0.1, 0.15) is 24.4 Å². The minimum atomic E-state index is 0.425. The summed E-state index contributed by atoms with van der Waals surface area (Å²) < 4.78 is 0. The van der Waals surface area contributed by atoms with E-state index in [9.17, 15) is 0 Å². The van der Waals surface area contributed by atoms with Gasteiger partial charge in [0.2, 0.25) is 0 Å². The van der Waals surface area contributed by atoms with Gasteiger partial charge >= 0.3 is 0 Å². The molecule has 1 atom stereocenters. The third-order valence-electron chi connectivity index (χ3n) is 3.20. The third-order valence-corrected chi connectivity index (χ3v) is 3.20. The summed E-state index contributed by atoms with van der Waals surface area (Å²) in [6.07, 6.45) is 2.61. The van der Waals surface area contributed by atoms with E-state index in [1.165, 1.54) is 18.4 Å². The SMILES string of the molecule is c1ccc([C@H]2NOCC23CC3)cc1. The van der Waals surface area contributed by atoms with Gasteiger partial charge in [0.15, 0.2) is 0 Å². The summed E-state index contributed by atoms with van der Waals surface area (Å²) in [5.74, 6) is 0. The molecule has 1 aromatic carbocycles. The van der Waals surface area contributed by atoms with E-state index in [2.05, 4.69) is 35.8 Å². The maximum absolute atomic E-state index is 5.34. The summed E-state index contributed by atoms with van der Waals surface area (Å²) in [6, 6.07) is 11.0. The molecule has 68 valence electrons. The van der Waals surface area contributed by atoms with E-state index in [0.29, 0.717) is 11.5 Å². The summed E-state index contributed by atoms with van der Waals surface area (Å²) in [7, 11) is 0. The van der Waals surface area contributed by atoms with Gasteiger partial charge in [0.25, 0.3) is 0 Å². The van der Waals surface area contributed by atoms with Gasteiger partial charge in [-0.2, -0.15) is 5.48 Å².